The first kappa shape index (κ1) is 13.6. The van der Waals surface area contributed by atoms with Gasteiger partial charge in [-0.05, 0) is 31.5 Å². The number of aromatic carboxylic acids is 1. The number of hydrogen-bond donors (Lipinski definition) is 3. The quantitative estimate of drug-likeness (QED) is 0.784. The first-order chi connectivity index (χ1) is 8.95. The maximum atomic E-state index is 11.2. The van der Waals surface area contributed by atoms with Gasteiger partial charge in [0.1, 0.15) is 0 Å². The van der Waals surface area contributed by atoms with Gasteiger partial charge in [-0.15, -0.1) is 0 Å². The van der Waals surface area contributed by atoms with Crippen molar-refractivity contribution < 1.29 is 20.1 Å². The lowest BCUT2D eigenvalue weighted by Gasteiger charge is -2.06. The molecule has 0 saturated heterocycles. The number of nitrogens with zero attached hydrogens (tertiary/aromatic N) is 1. The number of fused-ring (bicyclic) bond motifs is 1. The Bertz CT molecular complexity index is 628. The van der Waals surface area contributed by atoms with Gasteiger partial charge in [-0.1, -0.05) is 0 Å². The number of carboxylic acids is 1. The van der Waals surface area contributed by atoms with Crippen molar-refractivity contribution >= 4 is 16.9 Å². The molecule has 5 heteroatoms. The molecule has 0 fully saturated rings. The van der Waals surface area contributed by atoms with Crippen molar-refractivity contribution in [2.75, 3.05) is 6.61 Å². The molecule has 1 atom stereocenters. The van der Waals surface area contributed by atoms with E-state index < -0.39 is 12.1 Å². The van der Waals surface area contributed by atoms with Gasteiger partial charge in [0, 0.05) is 29.2 Å². The van der Waals surface area contributed by atoms with Gasteiger partial charge in [-0.25, -0.2) is 4.79 Å². The smallest absolute Gasteiger partial charge is 0.336 e. The summed E-state index contributed by atoms with van der Waals surface area (Å²) in [6, 6.07) is 3.36. The minimum absolute atomic E-state index is 0.0424. The SMILES string of the molecule is Cc1cc2c(C(C)O)cn(CCO)c2cc1C(=O)O. The minimum atomic E-state index is -0.977. The Labute approximate surface area is 110 Å². The molecule has 0 aliphatic heterocycles. The summed E-state index contributed by atoms with van der Waals surface area (Å²) in [5.74, 6) is -0.977. The third-order valence-corrected chi connectivity index (χ3v) is 3.28. The zero-order valence-corrected chi connectivity index (χ0v) is 10.9. The first-order valence-corrected chi connectivity index (χ1v) is 6.11. The van der Waals surface area contributed by atoms with Gasteiger partial charge in [0.2, 0.25) is 0 Å². The van der Waals surface area contributed by atoms with Crippen LogP contribution in [-0.2, 0) is 6.54 Å². The van der Waals surface area contributed by atoms with E-state index in [2.05, 4.69) is 0 Å². The van der Waals surface area contributed by atoms with Crippen LogP contribution in [0.15, 0.2) is 18.3 Å². The molecular formula is C14H17NO4. The van der Waals surface area contributed by atoms with Gasteiger partial charge in [0.15, 0.2) is 0 Å². The van der Waals surface area contributed by atoms with Crippen molar-refractivity contribution in [1.82, 2.24) is 4.57 Å². The summed E-state index contributed by atoms with van der Waals surface area (Å²) in [7, 11) is 0. The molecule has 0 radical (unpaired) electrons. The monoisotopic (exact) mass is 263 g/mol. The van der Waals surface area contributed by atoms with Crippen LogP contribution in [0.3, 0.4) is 0 Å². The summed E-state index contributed by atoms with van der Waals surface area (Å²) >= 11 is 0. The van der Waals surface area contributed by atoms with Crippen LogP contribution in [0.5, 0.6) is 0 Å². The number of aliphatic hydroxyl groups is 2. The second-order valence-electron chi connectivity index (χ2n) is 4.67. The molecule has 0 amide bonds. The summed E-state index contributed by atoms with van der Waals surface area (Å²) < 4.78 is 1.77. The van der Waals surface area contributed by atoms with Crippen LogP contribution in [-0.4, -0.2) is 32.5 Å². The van der Waals surface area contributed by atoms with Crippen LogP contribution in [0, 0.1) is 6.92 Å². The van der Waals surface area contributed by atoms with E-state index >= 15 is 0 Å². The Morgan fingerprint density at radius 1 is 1.42 bits per heavy atom. The van der Waals surface area contributed by atoms with Crippen LogP contribution in [0.1, 0.15) is 34.5 Å². The number of hydrogen-bond acceptors (Lipinski definition) is 3. The van der Waals surface area contributed by atoms with Gasteiger partial charge < -0.3 is 19.9 Å². The maximum Gasteiger partial charge on any atom is 0.336 e. The van der Waals surface area contributed by atoms with E-state index in [9.17, 15) is 9.90 Å². The standard InChI is InChI=1S/C14H17NO4/c1-8-5-11-12(9(2)17)7-15(3-4-16)13(11)6-10(8)14(18)19/h5-7,9,16-17H,3-4H2,1-2H3,(H,18,19). The molecule has 1 aromatic carbocycles. The summed E-state index contributed by atoms with van der Waals surface area (Å²) in [5, 5.41) is 28.8. The zero-order valence-electron chi connectivity index (χ0n) is 10.9. The Hall–Kier alpha value is -1.85. The molecule has 19 heavy (non-hydrogen) atoms. The molecule has 0 aliphatic carbocycles. The van der Waals surface area contributed by atoms with Gasteiger partial charge >= 0.3 is 5.97 Å². The van der Waals surface area contributed by atoms with Crippen molar-refractivity contribution in [3.8, 4) is 0 Å². The molecule has 0 aliphatic rings. The van der Waals surface area contributed by atoms with Crippen LogP contribution < -0.4 is 0 Å². The zero-order chi connectivity index (χ0) is 14.2. The highest BCUT2D eigenvalue weighted by Crippen LogP contribution is 2.29. The molecule has 0 bridgehead atoms. The molecule has 1 aromatic heterocycles. The van der Waals surface area contributed by atoms with Gasteiger partial charge in [-0.3, -0.25) is 0 Å². The third kappa shape index (κ3) is 2.34. The fourth-order valence-corrected chi connectivity index (χ4v) is 2.33. The molecule has 1 unspecified atom stereocenters. The van der Waals surface area contributed by atoms with Gasteiger partial charge in [-0.2, -0.15) is 0 Å². The molecule has 2 rings (SSSR count). The average molecular weight is 263 g/mol. The second-order valence-corrected chi connectivity index (χ2v) is 4.67. The highest BCUT2D eigenvalue weighted by atomic mass is 16.4. The summed E-state index contributed by atoms with van der Waals surface area (Å²) in [5.41, 5.74) is 2.35. The van der Waals surface area contributed by atoms with E-state index in [1.807, 2.05) is 0 Å². The van der Waals surface area contributed by atoms with Crippen molar-refractivity contribution in [1.29, 1.82) is 0 Å². The first-order valence-electron chi connectivity index (χ1n) is 6.11. The summed E-state index contributed by atoms with van der Waals surface area (Å²) in [6.45, 7) is 3.72. The summed E-state index contributed by atoms with van der Waals surface area (Å²) in [4.78, 5) is 11.2. The second kappa shape index (κ2) is 5.03. The fourth-order valence-electron chi connectivity index (χ4n) is 2.33. The highest BCUT2D eigenvalue weighted by Gasteiger charge is 2.16. The minimum Gasteiger partial charge on any atom is -0.478 e. The van der Waals surface area contributed by atoms with E-state index in [1.165, 1.54) is 0 Å². The normalized spacial score (nSPS) is 12.8. The largest absolute Gasteiger partial charge is 0.478 e. The predicted octanol–water partition coefficient (Wildman–Crippen LogP) is 1.69. The molecule has 2 aromatic rings. The molecule has 0 spiro atoms. The average Bonchev–Trinajstić information content (AvgIpc) is 2.66. The molecule has 1 heterocycles. The number of rotatable bonds is 4. The van der Waals surface area contributed by atoms with E-state index in [-0.39, 0.29) is 12.2 Å². The number of aliphatic hydroxyl groups excluding tert-OH is 2. The number of aryl methyl sites for hydroxylation is 1. The molecule has 102 valence electrons. The van der Waals surface area contributed by atoms with E-state index in [0.29, 0.717) is 17.6 Å². The molecular weight excluding hydrogens is 246 g/mol. The Morgan fingerprint density at radius 2 is 2.11 bits per heavy atom. The molecule has 0 saturated carbocycles. The van der Waals surface area contributed by atoms with Crippen LogP contribution >= 0.6 is 0 Å². The lowest BCUT2D eigenvalue weighted by atomic mass is 10.0. The van der Waals surface area contributed by atoms with Crippen molar-refractivity contribution in [2.24, 2.45) is 0 Å². The van der Waals surface area contributed by atoms with Crippen LogP contribution in [0.25, 0.3) is 10.9 Å². The Morgan fingerprint density at radius 3 is 2.63 bits per heavy atom. The predicted molar refractivity (Wildman–Crippen MR) is 71.4 cm³/mol. The third-order valence-electron chi connectivity index (χ3n) is 3.28. The van der Waals surface area contributed by atoms with Crippen molar-refractivity contribution in [2.45, 2.75) is 26.5 Å². The number of benzene rings is 1. The topological polar surface area (TPSA) is 82.7 Å². The van der Waals surface area contributed by atoms with Crippen molar-refractivity contribution in [3.63, 3.8) is 0 Å². The number of carbonyl (C=O) groups is 1. The van der Waals surface area contributed by atoms with E-state index in [4.69, 9.17) is 10.2 Å². The Balaban J connectivity index is 2.75. The lowest BCUT2D eigenvalue weighted by molar-refractivity contribution is 0.0696. The van der Waals surface area contributed by atoms with Crippen LogP contribution in [0.2, 0.25) is 0 Å². The van der Waals surface area contributed by atoms with Crippen molar-refractivity contribution in [3.05, 3.63) is 35.0 Å². The van der Waals surface area contributed by atoms with Gasteiger partial charge in [0.05, 0.1) is 18.3 Å². The molecule has 3 N–H and O–H groups in total. The maximum absolute atomic E-state index is 11.2. The lowest BCUT2D eigenvalue weighted by Crippen LogP contribution is -2.03. The highest BCUT2D eigenvalue weighted by molar-refractivity contribution is 5.96. The van der Waals surface area contributed by atoms with Gasteiger partial charge in [0.25, 0.3) is 0 Å². The Kier molecular flexibility index (Phi) is 3.59. The van der Waals surface area contributed by atoms with E-state index in [1.54, 1.807) is 36.7 Å². The molecule has 5 nitrogen and oxygen atoms in total. The van der Waals surface area contributed by atoms with Crippen LogP contribution in [0.4, 0.5) is 0 Å². The fraction of sp³-hybridized carbons (Fsp3) is 0.357. The summed E-state index contributed by atoms with van der Waals surface area (Å²) in [6.07, 6.45) is 1.12. The van der Waals surface area contributed by atoms with E-state index in [0.717, 1.165) is 10.9 Å². The number of aromatic nitrogens is 1. The number of carboxylic acid groups (broad SMARTS) is 1.